The summed E-state index contributed by atoms with van der Waals surface area (Å²) in [5.41, 5.74) is -0.944. The summed E-state index contributed by atoms with van der Waals surface area (Å²) in [6.07, 6.45) is 1.46. The van der Waals surface area contributed by atoms with Crippen LogP contribution in [0.25, 0.3) is 0 Å². The molecule has 0 fully saturated rings. The summed E-state index contributed by atoms with van der Waals surface area (Å²) in [5.74, 6) is -5.30. The van der Waals surface area contributed by atoms with Gasteiger partial charge in [-0.1, -0.05) is 125 Å². The van der Waals surface area contributed by atoms with Crippen molar-refractivity contribution in [2.75, 3.05) is 13.2 Å². The van der Waals surface area contributed by atoms with Crippen LogP contribution in [0.4, 0.5) is 0 Å². The second-order valence-corrected chi connectivity index (χ2v) is 14.6. The lowest BCUT2D eigenvalue weighted by atomic mass is 9.84. The first-order valence-corrected chi connectivity index (χ1v) is 17.8. The maximum absolute atomic E-state index is 13.3. The van der Waals surface area contributed by atoms with Gasteiger partial charge in [0, 0.05) is 0 Å². The summed E-state index contributed by atoms with van der Waals surface area (Å²) in [5, 5.41) is -1.53. The van der Waals surface area contributed by atoms with E-state index < -0.39 is 46.5 Å². The second kappa shape index (κ2) is 18.9. The van der Waals surface area contributed by atoms with Crippen molar-refractivity contribution in [3.63, 3.8) is 0 Å². The smallest absolute Gasteiger partial charge is 0.423 e. The Kier molecular flexibility index (Phi) is 16.6. The van der Waals surface area contributed by atoms with Gasteiger partial charge in [0.15, 0.2) is 11.5 Å². The van der Waals surface area contributed by atoms with Gasteiger partial charge >= 0.3 is 23.9 Å². The normalized spacial score (nSPS) is 13.9. The Balaban J connectivity index is 2.39. The van der Waals surface area contributed by atoms with E-state index in [4.69, 9.17) is 88.6 Å². The maximum atomic E-state index is 13.3. The molecule has 0 aliphatic carbocycles. The molecular weight excluding hydrogens is 749 g/mol. The molecule has 48 heavy (non-hydrogen) atoms. The van der Waals surface area contributed by atoms with Crippen molar-refractivity contribution < 1.29 is 38.1 Å². The maximum Gasteiger partial charge on any atom is 0.423 e. The first-order chi connectivity index (χ1) is 22.4. The van der Waals surface area contributed by atoms with Gasteiger partial charge in [-0.05, 0) is 60.5 Å². The molecule has 2 aromatic rings. The molecule has 2 rings (SSSR count). The molecule has 0 saturated carbocycles. The topological polar surface area (TPSA) is 105 Å². The molecule has 0 aliphatic rings. The van der Waals surface area contributed by atoms with Crippen LogP contribution in [0, 0.1) is 35.5 Å². The van der Waals surface area contributed by atoms with E-state index in [2.05, 4.69) is 41.5 Å². The molecule has 0 saturated heterocycles. The molecule has 8 nitrogen and oxygen atoms in total. The van der Waals surface area contributed by atoms with Crippen molar-refractivity contribution in [1.82, 2.24) is 0 Å². The van der Waals surface area contributed by atoms with E-state index in [1.54, 1.807) is 0 Å². The van der Waals surface area contributed by atoms with E-state index in [-0.39, 0.29) is 67.0 Å². The van der Waals surface area contributed by atoms with Gasteiger partial charge in [0.1, 0.15) is 11.1 Å². The van der Waals surface area contributed by atoms with Gasteiger partial charge in [-0.3, -0.25) is 0 Å². The van der Waals surface area contributed by atoms with Crippen molar-refractivity contribution in [3.05, 3.63) is 53.4 Å². The van der Waals surface area contributed by atoms with Crippen molar-refractivity contribution in [1.29, 1.82) is 0 Å². The number of ether oxygens (including phenoxy) is 4. The summed E-state index contributed by atoms with van der Waals surface area (Å²) >= 11 is 37.6. The predicted molar refractivity (Wildman–Crippen MR) is 190 cm³/mol. The standard InChI is InChI=1S/C34H40Cl6O8/c1-9-19(17(7)15(3)4)13-45-31(41)25-27(39)21(35)11-23(37)29(25)47-33(43)34(44)48-30-24(38)12-22(36)28(40)26(30)32(42)46-14-20(10-2)18(8)16(5)6/h11-12,15-20H,9-10,13-14H2,1-8H3. The zero-order chi connectivity index (χ0) is 36.6. The third-order valence-corrected chi connectivity index (χ3v) is 10.8. The quantitative estimate of drug-likeness (QED) is 0.0806. The average molecular weight is 789 g/mol. The Morgan fingerprint density at radius 1 is 0.562 bits per heavy atom. The molecule has 0 aliphatic heterocycles. The van der Waals surface area contributed by atoms with Crippen LogP contribution in [-0.4, -0.2) is 37.1 Å². The first kappa shape index (κ1) is 42.2. The molecule has 266 valence electrons. The van der Waals surface area contributed by atoms with Crippen LogP contribution in [0.3, 0.4) is 0 Å². The fourth-order valence-corrected chi connectivity index (χ4v) is 6.31. The molecule has 0 bridgehead atoms. The number of halogens is 6. The van der Waals surface area contributed by atoms with E-state index in [1.165, 1.54) is 0 Å². The third-order valence-electron chi connectivity index (χ3n) is 8.71. The predicted octanol–water partition coefficient (Wildman–Crippen LogP) is 11.1. The molecule has 4 atom stereocenters. The number of hydrogen-bond acceptors (Lipinski definition) is 8. The summed E-state index contributed by atoms with van der Waals surface area (Å²) in [6.45, 7) is 16.4. The molecule has 0 heterocycles. The van der Waals surface area contributed by atoms with Gasteiger partial charge in [-0.2, -0.15) is 0 Å². The Morgan fingerprint density at radius 2 is 0.875 bits per heavy atom. The fraction of sp³-hybridized carbons (Fsp3) is 0.529. The van der Waals surface area contributed by atoms with Gasteiger partial charge in [0.25, 0.3) is 0 Å². The van der Waals surface area contributed by atoms with Crippen molar-refractivity contribution in [3.8, 4) is 11.5 Å². The van der Waals surface area contributed by atoms with E-state index in [0.717, 1.165) is 25.0 Å². The number of hydrogen-bond donors (Lipinski definition) is 0. The van der Waals surface area contributed by atoms with E-state index in [0.29, 0.717) is 11.8 Å². The number of benzene rings is 2. The van der Waals surface area contributed by atoms with Crippen molar-refractivity contribution in [2.24, 2.45) is 35.5 Å². The van der Waals surface area contributed by atoms with Crippen molar-refractivity contribution in [2.45, 2.75) is 68.2 Å². The Hall–Kier alpha value is -1.94. The van der Waals surface area contributed by atoms with Gasteiger partial charge in [0.2, 0.25) is 0 Å². The summed E-state index contributed by atoms with van der Waals surface area (Å²) < 4.78 is 21.5. The fourth-order valence-electron chi connectivity index (χ4n) is 4.87. The molecular formula is C34H40Cl6O8. The highest BCUT2D eigenvalue weighted by Gasteiger charge is 2.33. The minimum absolute atomic E-state index is 0.0201. The van der Waals surface area contributed by atoms with Crippen LogP contribution in [-0.2, 0) is 19.1 Å². The van der Waals surface area contributed by atoms with Gasteiger partial charge in [0.05, 0.1) is 43.3 Å². The molecule has 2 aromatic carbocycles. The van der Waals surface area contributed by atoms with Crippen LogP contribution >= 0.6 is 69.6 Å². The van der Waals surface area contributed by atoms with Crippen LogP contribution in [0.15, 0.2) is 12.1 Å². The Bertz CT molecular complexity index is 1400. The van der Waals surface area contributed by atoms with E-state index in [1.807, 2.05) is 13.8 Å². The second-order valence-electron chi connectivity index (χ2n) is 12.2. The van der Waals surface area contributed by atoms with Gasteiger partial charge in [-0.15, -0.1) is 0 Å². The van der Waals surface area contributed by atoms with Gasteiger partial charge in [-0.25, -0.2) is 19.2 Å². The molecule has 4 unspecified atom stereocenters. The lowest BCUT2D eigenvalue weighted by Crippen LogP contribution is -2.28. The molecule has 14 heteroatoms. The van der Waals surface area contributed by atoms with Crippen LogP contribution in [0.5, 0.6) is 11.5 Å². The van der Waals surface area contributed by atoms with E-state index >= 15 is 0 Å². The molecule has 0 amide bonds. The largest absolute Gasteiger partial charge is 0.462 e. The minimum Gasteiger partial charge on any atom is -0.462 e. The first-order valence-electron chi connectivity index (χ1n) is 15.5. The zero-order valence-electron chi connectivity index (χ0n) is 28.0. The number of carbonyl (C=O) groups excluding carboxylic acids is 4. The van der Waals surface area contributed by atoms with Crippen LogP contribution < -0.4 is 9.47 Å². The summed E-state index contributed by atoms with van der Waals surface area (Å²) in [6, 6.07) is 2.25. The molecule has 0 aromatic heterocycles. The third kappa shape index (κ3) is 10.5. The molecule has 0 N–H and O–H groups in total. The number of rotatable bonds is 14. The zero-order valence-corrected chi connectivity index (χ0v) is 32.5. The van der Waals surface area contributed by atoms with Crippen molar-refractivity contribution >= 4 is 93.5 Å². The number of esters is 4. The highest BCUT2D eigenvalue weighted by molar-refractivity contribution is 6.47. The van der Waals surface area contributed by atoms with E-state index in [9.17, 15) is 19.2 Å². The lowest BCUT2D eigenvalue weighted by Gasteiger charge is -2.26. The SMILES string of the molecule is CCC(COC(=O)c1c(Cl)c(Cl)cc(Cl)c1OC(=O)C(=O)Oc1c(Cl)cc(Cl)c(Cl)c1C(=O)OCC(CC)C(C)C(C)C)C(C)C(C)C. The molecule has 0 radical (unpaired) electrons. The number of carbonyl (C=O) groups is 4. The molecule has 0 spiro atoms. The average Bonchev–Trinajstić information content (AvgIpc) is 3.02. The highest BCUT2D eigenvalue weighted by atomic mass is 35.5. The van der Waals surface area contributed by atoms with Gasteiger partial charge < -0.3 is 18.9 Å². The highest BCUT2D eigenvalue weighted by Crippen LogP contribution is 2.42. The van der Waals surface area contributed by atoms with Crippen LogP contribution in [0.1, 0.15) is 88.9 Å². The Morgan fingerprint density at radius 3 is 1.15 bits per heavy atom. The minimum atomic E-state index is -1.65. The Labute approximate surface area is 311 Å². The van der Waals surface area contributed by atoms with Crippen LogP contribution in [0.2, 0.25) is 30.1 Å². The summed E-state index contributed by atoms with van der Waals surface area (Å²) in [7, 11) is 0. The summed E-state index contributed by atoms with van der Waals surface area (Å²) in [4.78, 5) is 52.6. The monoisotopic (exact) mass is 786 g/mol. The lowest BCUT2D eigenvalue weighted by molar-refractivity contribution is -0.156.